The second-order valence-electron chi connectivity index (χ2n) is 8.48. The maximum absolute atomic E-state index is 11.8. The Kier molecular flexibility index (Phi) is 6.90. The number of ether oxygens (including phenoxy) is 1. The third-order valence-corrected chi connectivity index (χ3v) is 10.4. The third-order valence-electron chi connectivity index (χ3n) is 5.35. The quantitative estimate of drug-likeness (QED) is 0.406. The summed E-state index contributed by atoms with van der Waals surface area (Å²) in [6.45, 7) is 8.46. The molecule has 0 heterocycles. The molecule has 3 aromatic carbocycles. The highest BCUT2D eigenvalue weighted by atomic mass is 28.4. The van der Waals surface area contributed by atoms with Gasteiger partial charge < -0.3 is 9.16 Å². The first-order chi connectivity index (χ1) is 14.3. The second-order valence-corrected chi connectivity index (χ2v) is 12.8. The average molecular weight is 419 g/mol. The number of esters is 1. The minimum atomic E-state index is -2.69. The molecule has 0 aromatic heterocycles. The van der Waals surface area contributed by atoms with Gasteiger partial charge in [0.25, 0.3) is 8.32 Å². The molecule has 0 aliphatic rings. The fourth-order valence-corrected chi connectivity index (χ4v) is 8.59. The van der Waals surface area contributed by atoms with Gasteiger partial charge in [0.1, 0.15) is 6.10 Å². The highest BCUT2D eigenvalue weighted by Gasteiger charge is 2.50. The molecule has 3 aromatic rings. The molecule has 0 N–H and O–H groups in total. The van der Waals surface area contributed by atoms with Crippen LogP contribution in [-0.4, -0.2) is 20.9 Å². The lowest BCUT2D eigenvalue weighted by atomic mass is 10.1. The van der Waals surface area contributed by atoms with Crippen LogP contribution in [0.15, 0.2) is 91.0 Å². The van der Waals surface area contributed by atoms with Crippen molar-refractivity contribution in [3.05, 3.63) is 96.6 Å². The summed E-state index contributed by atoms with van der Waals surface area (Å²) in [5.41, 5.74) is 0.936. The predicted molar refractivity (Wildman–Crippen MR) is 125 cm³/mol. The Labute approximate surface area is 180 Å². The fourth-order valence-electron chi connectivity index (χ4n) is 4.03. The maximum Gasteiger partial charge on any atom is 0.303 e. The molecule has 1 atom stereocenters. The van der Waals surface area contributed by atoms with Gasteiger partial charge in [-0.3, -0.25) is 4.79 Å². The van der Waals surface area contributed by atoms with Crippen LogP contribution in [0, 0.1) is 0 Å². The van der Waals surface area contributed by atoms with Crippen molar-refractivity contribution in [3.63, 3.8) is 0 Å². The van der Waals surface area contributed by atoms with Crippen LogP contribution in [-0.2, 0) is 14.0 Å². The molecular weight excluding hydrogens is 388 g/mol. The molecule has 4 heteroatoms. The maximum atomic E-state index is 11.8. The van der Waals surface area contributed by atoms with Gasteiger partial charge in [0.15, 0.2) is 0 Å². The highest BCUT2D eigenvalue weighted by Crippen LogP contribution is 2.37. The summed E-state index contributed by atoms with van der Waals surface area (Å²) in [4.78, 5) is 11.8. The van der Waals surface area contributed by atoms with E-state index in [-0.39, 0.29) is 11.0 Å². The molecule has 3 nitrogen and oxygen atoms in total. The zero-order chi connectivity index (χ0) is 21.6. The molecule has 0 spiro atoms. The molecule has 3 rings (SSSR count). The first-order valence-electron chi connectivity index (χ1n) is 10.3. The van der Waals surface area contributed by atoms with E-state index in [9.17, 15) is 4.79 Å². The zero-order valence-corrected chi connectivity index (χ0v) is 19.2. The van der Waals surface area contributed by atoms with Crippen molar-refractivity contribution in [2.24, 2.45) is 0 Å². The first kappa shape index (κ1) is 22.0. The van der Waals surface area contributed by atoms with Gasteiger partial charge in [-0.05, 0) is 21.0 Å². The normalized spacial score (nSPS) is 12.9. The van der Waals surface area contributed by atoms with Crippen molar-refractivity contribution in [1.29, 1.82) is 0 Å². The molecule has 0 saturated heterocycles. The van der Waals surface area contributed by atoms with Crippen LogP contribution in [0.25, 0.3) is 0 Å². The van der Waals surface area contributed by atoms with Gasteiger partial charge >= 0.3 is 5.97 Å². The van der Waals surface area contributed by atoms with Crippen molar-refractivity contribution in [2.75, 3.05) is 6.61 Å². The van der Waals surface area contributed by atoms with E-state index in [0.717, 1.165) is 5.56 Å². The Balaban J connectivity index is 2.07. The Morgan fingerprint density at radius 3 is 1.63 bits per heavy atom. The van der Waals surface area contributed by atoms with Crippen molar-refractivity contribution in [1.82, 2.24) is 0 Å². The van der Waals surface area contributed by atoms with E-state index < -0.39 is 14.4 Å². The monoisotopic (exact) mass is 418 g/mol. The summed E-state index contributed by atoms with van der Waals surface area (Å²) in [5.74, 6) is -0.310. The predicted octanol–water partition coefficient (Wildman–Crippen LogP) is 4.87. The molecule has 0 aliphatic carbocycles. The molecule has 0 fully saturated rings. The first-order valence-corrected chi connectivity index (χ1v) is 12.2. The van der Waals surface area contributed by atoms with Crippen molar-refractivity contribution < 1.29 is 14.0 Å². The van der Waals surface area contributed by atoms with Gasteiger partial charge in [-0.2, -0.15) is 0 Å². The van der Waals surface area contributed by atoms with E-state index in [0.29, 0.717) is 6.61 Å². The lowest BCUT2D eigenvalue weighted by Gasteiger charge is -2.43. The second kappa shape index (κ2) is 9.41. The lowest BCUT2D eigenvalue weighted by molar-refractivity contribution is -0.148. The van der Waals surface area contributed by atoms with E-state index in [2.05, 4.69) is 69.3 Å². The Morgan fingerprint density at radius 1 is 0.800 bits per heavy atom. The van der Waals surface area contributed by atoms with Crippen molar-refractivity contribution in [2.45, 2.75) is 38.8 Å². The van der Waals surface area contributed by atoms with E-state index in [1.807, 2.05) is 42.5 Å². The molecule has 0 radical (unpaired) electrons. The summed E-state index contributed by atoms with van der Waals surface area (Å²) in [7, 11) is -2.69. The van der Waals surface area contributed by atoms with Crippen LogP contribution < -0.4 is 10.4 Å². The molecule has 30 heavy (non-hydrogen) atoms. The molecular formula is C26H30O3Si. The van der Waals surface area contributed by atoms with Crippen molar-refractivity contribution >= 4 is 24.7 Å². The topological polar surface area (TPSA) is 35.5 Å². The number of hydrogen-bond donors (Lipinski definition) is 0. The number of rotatable bonds is 7. The SMILES string of the molecule is CC(=O)O[C@H](CO[Si](c1ccccc1)(c1ccccc1)C(C)(C)C)c1ccccc1. The van der Waals surface area contributed by atoms with E-state index in [1.54, 1.807) is 0 Å². The van der Waals surface area contributed by atoms with Crippen LogP contribution in [0.1, 0.15) is 39.4 Å². The molecule has 0 unspecified atom stereocenters. The van der Waals surface area contributed by atoms with Gasteiger partial charge in [-0.15, -0.1) is 0 Å². The summed E-state index contributed by atoms with van der Waals surface area (Å²) < 4.78 is 12.6. The molecule has 0 amide bonds. The molecule has 0 saturated carbocycles. The summed E-state index contributed by atoms with van der Waals surface area (Å²) in [6, 6.07) is 30.8. The van der Waals surface area contributed by atoms with Crippen LogP contribution in [0.4, 0.5) is 0 Å². The van der Waals surface area contributed by atoms with Crippen LogP contribution in [0.3, 0.4) is 0 Å². The zero-order valence-electron chi connectivity index (χ0n) is 18.2. The molecule has 0 aliphatic heterocycles. The van der Waals surface area contributed by atoms with Gasteiger partial charge in [-0.25, -0.2) is 0 Å². The largest absolute Gasteiger partial charge is 0.455 e. The minimum Gasteiger partial charge on any atom is -0.455 e. The summed E-state index contributed by atoms with van der Waals surface area (Å²) >= 11 is 0. The van der Waals surface area contributed by atoms with Crippen LogP contribution in [0.2, 0.25) is 5.04 Å². The summed E-state index contributed by atoms with van der Waals surface area (Å²) in [5, 5.41) is 2.28. The van der Waals surface area contributed by atoms with Crippen molar-refractivity contribution in [3.8, 4) is 0 Å². The van der Waals surface area contributed by atoms with Crippen LogP contribution >= 0.6 is 0 Å². The standard InChI is InChI=1S/C26H30O3Si/c1-21(27)29-25(22-14-8-5-9-15-22)20-28-30(26(2,3)4,23-16-10-6-11-17-23)24-18-12-7-13-19-24/h5-19,25H,20H2,1-4H3/t25-/m1/s1. The Bertz CT molecular complexity index is 895. The van der Waals surface area contributed by atoms with Gasteiger partial charge in [0, 0.05) is 6.92 Å². The Hall–Kier alpha value is -2.69. The Morgan fingerprint density at radius 2 is 1.23 bits per heavy atom. The number of benzene rings is 3. The molecule has 0 bridgehead atoms. The van der Waals surface area contributed by atoms with Gasteiger partial charge in [0.2, 0.25) is 0 Å². The van der Waals surface area contributed by atoms with Gasteiger partial charge in [0.05, 0.1) is 6.61 Å². The van der Waals surface area contributed by atoms with Gasteiger partial charge in [-0.1, -0.05) is 112 Å². The van der Waals surface area contributed by atoms with E-state index >= 15 is 0 Å². The van der Waals surface area contributed by atoms with Crippen LogP contribution in [0.5, 0.6) is 0 Å². The fraction of sp³-hybridized carbons (Fsp3) is 0.269. The minimum absolute atomic E-state index is 0.132. The number of carbonyl (C=O) groups is 1. The van der Waals surface area contributed by atoms with E-state index in [1.165, 1.54) is 17.3 Å². The summed E-state index contributed by atoms with van der Waals surface area (Å²) in [6.07, 6.45) is -0.453. The number of carbonyl (C=O) groups excluding carboxylic acids is 1. The van der Waals surface area contributed by atoms with E-state index in [4.69, 9.17) is 9.16 Å². The molecule has 156 valence electrons. The average Bonchev–Trinajstić information content (AvgIpc) is 2.74. The third kappa shape index (κ3) is 4.72. The highest BCUT2D eigenvalue weighted by molar-refractivity contribution is 6.99. The lowest BCUT2D eigenvalue weighted by Crippen LogP contribution is -2.66. The smallest absolute Gasteiger partial charge is 0.303 e. The number of hydrogen-bond acceptors (Lipinski definition) is 3.